The van der Waals surface area contributed by atoms with Crippen molar-refractivity contribution in [2.75, 3.05) is 13.1 Å². The monoisotopic (exact) mass is 255 g/mol. The van der Waals surface area contributed by atoms with Crippen LogP contribution in [0.25, 0.3) is 0 Å². The Balaban J connectivity index is 2.81. The van der Waals surface area contributed by atoms with Crippen molar-refractivity contribution in [1.82, 2.24) is 4.90 Å². The van der Waals surface area contributed by atoms with Crippen LogP contribution in [-0.4, -0.2) is 29.1 Å². The molecule has 0 aliphatic carbocycles. The molecule has 1 aromatic rings. The van der Waals surface area contributed by atoms with Crippen LogP contribution in [0.15, 0.2) is 18.2 Å². The fourth-order valence-corrected chi connectivity index (χ4v) is 1.57. The number of carboxylic acids is 1. The maximum atomic E-state index is 13.0. The second kappa shape index (κ2) is 6.24. The Morgan fingerprint density at radius 1 is 1.59 bits per heavy atom. The topological polar surface area (TPSA) is 40.5 Å². The van der Waals surface area contributed by atoms with Gasteiger partial charge in [0.05, 0.1) is 13.1 Å². The van der Waals surface area contributed by atoms with Gasteiger partial charge in [-0.25, -0.2) is 4.39 Å². The van der Waals surface area contributed by atoms with Crippen molar-refractivity contribution < 1.29 is 14.3 Å². The summed E-state index contributed by atoms with van der Waals surface area (Å²) < 4.78 is 13.0. The lowest BCUT2D eigenvalue weighted by Gasteiger charge is -2.18. The first-order valence-electron chi connectivity index (χ1n) is 4.84. The fraction of sp³-hybridized carbons (Fsp3) is 0.250. The summed E-state index contributed by atoms with van der Waals surface area (Å²) in [6.07, 6.45) is 5.14. The van der Waals surface area contributed by atoms with E-state index >= 15 is 0 Å². The van der Waals surface area contributed by atoms with Gasteiger partial charge in [0.25, 0.3) is 0 Å². The number of halogens is 2. The van der Waals surface area contributed by atoms with E-state index in [1.54, 1.807) is 0 Å². The molecule has 0 aliphatic heterocycles. The lowest BCUT2D eigenvalue weighted by atomic mass is 10.2. The third-order valence-corrected chi connectivity index (χ3v) is 2.44. The van der Waals surface area contributed by atoms with Crippen molar-refractivity contribution >= 4 is 17.6 Å². The van der Waals surface area contributed by atoms with Gasteiger partial charge in [0.2, 0.25) is 0 Å². The molecule has 0 bridgehead atoms. The molecule has 0 saturated carbocycles. The Morgan fingerprint density at radius 3 is 2.88 bits per heavy atom. The molecule has 5 heteroatoms. The zero-order chi connectivity index (χ0) is 12.8. The number of hydrogen-bond donors (Lipinski definition) is 1. The van der Waals surface area contributed by atoms with Gasteiger partial charge in [0.1, 0.15) is 5.82 Å². The first-order chi connectivity index (χ1) is 8.02. The van der Waals surface area contributed by atoms with Crippen LogP contribution in [0.1, 0.15) is 5.56 Å². The molecule has 17 heavy (non-hydrogen) atoms. The molecule has 0 aliphatic rings. The maximum Gasteiger partial charge on any atom is 0.317 e. The van der Waals surface area contributed by atoms with Crippen molar-refractivity contribution in [3.63, 3.8) is 0 Å². The molecule has 0 aromatic heterocycles. The highest BCUT2D eigenvalue weighted by molar-refractivity contribution is 6.31. The van der Waals surface area contributed by atoms with Gasteiger partial charge in [-0.2, -0.15) is 0 Å². The summed E-state index contributed by atoms with van der Waals surface area (Å²) in [6, 6.07) is 3.95. The van der Waals surface area contributed by atoms with E-state index in [-0.39, 0.29) is 19.6 Å². The van der Waals surface area contributed by atoms with E-state index in [0.29, 0.717) is 10.6 Å². The summed E-state index contributed by atoms with van der Waals surface area (Å²) in [7, 11) is 0. The molecule has 1 aromatic carbocycles. The van der Waals surface area contributed by atoms with Gasteiger partial charge in [0, 0.05) is 11.6 Å². The molecule has 0 spiro atoms. The molecule has 0 radical (unpaired) electrons. The van der Waals surface area contributed by atoms with Gasteiger partial charge in [-0.3, -0.25) is 9.69 Å². The minimum atomic E-state index is -0.993. The van der Waals surface area contributed by atoms with Crippen molar-refractivity contribution in [3.05, 3.63) is 34.6 Å². The van der Waals surface area contributed by atoms with Crippen molar-refractivity contribution in [2.45, 2.75) is 6.54 Å². The summed E-state index contributed by atoms with van der Waals surface area (Å²) in [6.45, 7) is 0.156. The van der Waals surface area contributed by atoms with Gasteiger partial charge in [-0.15, -0.1) is 6.42 Å². The van der Waals surface area contributed by atoms with Crippen LogP contribution in [0.3, 0.4) is 0 Å². The second-order valence-corrected chi connectivity index (χ2v) is 3.89. The first kappa shape index (κ1) is 13.5. The van der Waals surface area contributed by atoms with Crippen LogP contribution in [0, 0.1) is 18.2 Å². The van der Waals surface area contributed by atoms with Crippen LogP contribution in [-0.2, 0) is 11.3 Å². The smallest absolute Gasteiger partial charge is 0.317 e. The number of nitrogens with zero attached hydrogens (tertiary/aromatic N) is 1. The van der Waals surface area contributed by atoms with E-state index in [1.165, 1.54) is 23.1 Å². The zero-order valence-corrected chi connectivity index (χ0v) is 9.75. The van der Waals surface area contributed by atoms with Crippen LogP contribution in [0.4, 0.5) is 4.39 Å². The second-order valence-electron chi connectivity index (χ2n) is 3.48. The van der Waals surface area contributed by atoms with E-state index in [1.807, 2.05) is 0 Å². The minimum absolute atomic E-state index is 0.166. The lowest BCUT2D eigenvalue weighted by molar-refractivity contribution is -0.138. The molecule has 1 rings (SSSR count). The highest BCUT2D eigenvalue weighted by Crippen LogP contribution is 2.18. The Bertz CT molecular complexity index is 456. The number of carbonyl (C=O) groups is 1. The predicted molar refractivity (Wildman–Crippen MR) is 63.2 cm³/mol. The Labute approximate surface area is 104 Å². The van der Waals surface area contributed by atoms with Crippen LogP contribution in [0.2, 0.25) is 5.02 Å². The molecular weight excluding hydrogens is 245 g/mol. The zero-order valence-electron chi connectivity index (χ0n) is 8.99. The normalized spacial score (nSPS) is 10.2. The Kier molecular flexibility index (Phi) is 4.95. The largest absolute Gasteiger partial charge is 0.480 e. The molecule has 0 heterocycles. The standard InChI is InChI=1S/C12H11ClFNO2/c1-2-5-15(8-12(16)17)7-9-6-10(14)3-4-11(9)13/h1,3-4,6H,5,7-8H2,(H,16,17). The third kappa shape index (κ3) is 4.43. The molecule has 3 nitrogen and oxygen atoms in total. The molecule has 0 atom stereocenters. The number of rotatable bonds is 5. The summed E-state index contributed by atoms with van der Waals surface area (Å²) in [5.41, 5.74) is 0.517. The third-order valence-electron chi connectivity index (χ3n) is 2.08. The highest BCUT2D eigenvalue weighted by Gasteiger charge is 2.11. The summed E-state index contributed by atoms with van der Waals surface area (Å²) in [5, 5.41) is 9.08. The Morgan fingerprint density at radius 2 is 2.29 bits per heavy atom. The van der Waals surface area contributed by atoms with Gasteiger partial charge < -0.3 is 5.11 Å². The summed E-state index contributed by atoms with van der Waals surface area (Å²) in [4.78, 5) is 12.1. The van der Waals surface area contributed by atoms with Crippen LogP contribution < -0.4 is 0 Å². The van der Waals surface area contributed by atoms with E-state index in [9.17, 15) is 9.18 Å². The minimum Gasteiger partial charge on any atom is -0.480 e. The number of aliphatic carboxylic acids is 1. The number of terminal acetylenes is 1. The van der Waals surface area contributed by atoms with Gasteiger partial charge >= 0.3 is 5.97 Å². The highest BCUT2D eigenvalue weighted by atomic mass is 35.5. The summed E-state index contributed by atoms with van der Waals surface area (Å²) >= 11 is 5.88. The molecule has 90 valence electrons. The van der Waals surface area contributed by atoms with Crippen molar-refractivity contribution in [3.8, 4) is 12.3 Å². The molecule has 1 N–H and O–H groups in total. The SMILES string of the molecule is C#CCN(CC(=O)O)Cc1cc(F)ccc1Cl. The van der Waals surface area contributed by atoms with Crippen molar-refractivity contribution in [2.24, 2.45) is 0 Å². The van der Waals surface area contributed by atoms with E-state index in [0.717, 1.165) is 0 Å². The lowest BCUT2D eigenvalue weighted by Crippen LogP contribution is -2.29. The average molecular weight is 256 g/mol. The number of carboxylic acid groups (broad SMARTS) is 1. The van der Waals surface area contributed by atoms with E-state index in [2.05, 4.69) is 5.92 Å². The number of hydrogen-bond acceptors (Lipinski definition) is 2. The quantitative estimate of drug-likeness (QED) is 0.818. The molecule has 0 unspecified atom stereocenters. The predicted octanol–water partition coefficient (Wildman–Crippen LogP) is 2.00. The molecular formula is C12H11ClFNO2. The first-order valence-corrected chi connectivity index (χ1v) is 5.22. The Hall–Kier alpha value is -1.57. The van der Waals surface area contributed by atoms with Gasteiger partial charge in [-0.1, -0.05) is 17.5 Å². The molecule has 0 fully saturated rings. The molecule has 0 saturated heterocycles. The van der Waals surface area contributed by atoms with E-state index in [4.69, 9.17) is 23.1 Å². The van der Waals surface area contributed by atoms with E-state index < -0.39 is 11.8 Å². The average Bonchev–Trinajstić information content (AvgIpc) is 2.23. The van der Waals surface area contributed by atoms with Crippen LogP contribution >= 0.6 is 11.6 Å². The van der Waals surface area contributed by atoms with Gasteiger partial charge in [-0.05, 0) is 23.8 Å². The van der Waals surface area contributed by atoms with Crippen LogP contribution in [0.5, 0.6) is 0 Å². The molecule has 0 amide bonds. The summed E-state index contributed by atoms with van der Waals surface area (Å²) in [5.74, 6) is 0.944. The fourth-order valence-electron chi connectivity index (χ4n) is 1.39. The van der Waals surface area contributed by atoms with Gasteiger partial charge in [0.15, 0.2) is 0 Å². The number of benzene rings is 1. The maximum absolute atomic E-state index is 13.0. The van der Waals surface area contributed by atoms with Crippen molar-refractivity contribution in [1.29, 1.82) is 0 Å².